The van der Waals surface area contributed by atoms with Gasteiger partial charge < -0.3 is 5.32 Å². The third kappa shape index (κ3) is 4.90. The summed E-state index contributed by atoms with van der Waals surface area (Å²) in [6, 6.07) is 14.5. The van der Waals surface area contributed by atoms with Crippen LogP contribution in [0.5, 0.6) is 0 Å². The summed E-state index contributed by atoms with van der Waals surface area (Å²) < 4.78 is 0. The number of benzene rings is 1. The summed E-state index contributed by atoms with van der Waals surface area (Å²) in [7, 11) is 0. The zero-order chi connectivity index (χ0) is 16.6. The number of hydrogen-bond donors (Lipinski definition) is 1. The van der Waals surface area contributed by atoms with Crippen LogP contribution in [0.3, 0.4) is 0 Å². The quantitative estimate of drug-likeness (QED) is 0.889. The minimum absolute atomic E-state index is 0.108. The maximum absolute atomic E-state index is 12.4. The number of aromatic nitrogens is 1. The molecule has 1 aromatic heterocycles. The van der Waals surface area contributed by atoms with Gasteiger partial charge in [0.15, 0.2) is 0 Å². The highest BCUT2D eigenvalue weighted by molar-refractivity contribution is 5.78. The van der Waals surface area contributed by atoms with Gasteiger partial charge in [0, 0.05) is 32.0 Å². The van der Waals surface area contributed by atoms with Gasteiger partial charge in [-0.2, -0.15) is 0 Å². The summed E-state index contributed by atoms with van der Waals surface area (Å²) in [4.78, 5) is 18.9. The standard InChI is InChI=1S/C20H25N3O/c24-20(22-12-10-17-8-4-11-21-14-17)19-9-5-13-23(16-19)15-18-6-2-1-3-7-18/h1-4,6-8,11,14,19H,5,9-10,12-13,15-16H2,(H,22,24)/t19-/m1/s1. The highest BCUT2D eigenvalue weighted by atomic mass is 16.1. The van der Waals surface area contributed by atoms with E-state index in [0.29, 0.717) is 6.54 Å². The molecule has 0 spiro atoms. The maximum atomic E-state index is 12.4. The van der Waals surface area contributed by atoms with E-state index in [1.807, 2.05) is 24.4 Å². The van der Waals surface area contributed by atoms with Crippen LogP contribution in [0.2, 0.25) is 0 Å². The van der Waals surface area contributed by atoms with Crippen LogP contribution in [0.1, 0.15) is 24.0 Å². The van der Waals surface area contributed by atoms with Crippen LogP contribution in [0.15, 0.2) is 54.9 Å². The largest absolute Gasteiger partial charge is 0.355 e. The van der Waals surface area contributed by atoms with E-state index in [0.717, 1.165) is 44.5 Å². The van der Waals surface area contributed by atoms with Crippen LogP contribution in [0.4, 0.5) is 0 Å². The molecule has 1 aliphatic rings. The third-order valence-electron chi connectivity index (χ3n) is 4.56. The number of amides is 1. The van der Waals surface area contributed by atoms with Gasteiger partial charge in [-0.3, -0.25) is 14.7 Å². The number of nitrogens with one attached hydrogen (secondary N) is 1. The molecular formula is C20H25N3O. The fourth-order valence-corrected chi connectivity index (χ4v) is 3.28. The molecule has 4 heteroatoms. The zero-order valence-electron chi connectivity index (χ0n) is 14.0. The zero-order valence-corrected chi connectivity index (χ0v) is 14.0. The van der Waals surface area contributed by atoms with Crippen molar-refractivity contribution < 1.29 is 4.79 Å². The van der Waals surface area contributed by atoms with Crippen LogP contribution < -0.4 is 5.32 Å². The number of piperidine rings is 1. The molecule has 1 aromatic carbocycles. The van der Waals surface area contributed by atoms with E-state index in [1.165, 1.54) is 5.56 Å². The topological polar surface area (TPSA) is 45.2 Å². The first-order valence-corrected chi connectivity index (χ1v) is 8.74. The fraction of sp³-hybridized carbons (Fsp3) is 0.400. The normalized spacial score (nSPS) is 18.2. The number of rotatable bonds is 6. The predicted octanol–water partition coefficient (Wildman–Crippen LogP) is 2.65. The van der Waals surface area contributed by atoms with Crippen molar-refractivity contribution in [2.24, 2.45) is 5.92 Å². The van der Waals surface area contributed by atoms with Crippen molar-refractivity contribution in [3.8, 4) is 0 Å². The molecule has 1 fully saturated rings. The summed E-state index contributed by atoms with van der Waals surface area (Å²) in [6.07, 6.45) is 6.54. The maximum Gasteiger partial charge on any atom is 0.224 e. The summed E-state index contributed by atoms with van der Waals surface area (Å²) in [6.45, 7) is 3.54. The summed E-state index contributed by atoms with van der Waals surface area (Å²) in [5.74, 6) is 0.299. The summed E-state index contributed by atoms with van der Waals surface area (Å²) in [5, 5.41) is 3.09. The van der Waals surface area contributed by atoms with Gasteiger partial charge in [0.25, 0.3) is 0 Å². The number of likely N-dealkylation sites (tertiary alicyclic amines) is 1. The van der Waals surface area contributed by atoms with Gasteiger partial charge in [0.2, 0.25) is 5.91 Å². The first-order valence-electron chi connectivity index (χ1n) is 8.74. The van der Waals surface area contributed by atoms with E-state index < -0.39 is 0 Å². The fourth-order valence-electron chi connectivity index (χ4n) is 3.28. The Morgan fingerprint density at radius 1 is 1.17 bits per heavy atom. The van der Waals surface area contributed by atoms with E-state index in [1.54, 1.807) is 6.20 Å². The summed E-state index contributed by atoms with van der Waals surface area (Å²) in [5.41, 5.74) is 2.47. The lowest BCUT2D eigenvalue weighted by Gasteiger charge is -2.32. The lowest BCUT2D eigenvalue weighted by Crippen LogP contribution is -2.43. The lowest BCUT2D eigenvalue weighted by molar-refractivity contribution is -0.126. The van der Waals surface area contributed by atoms with E-state index in [-0.39, 0.29) is 11.8 Å². The van der Waals surface area contributed by atoms with Crippen LogP contribution >= 0.6 is 0 Å². The Morgan fingerprint density at radius 2 is 2.00 bits per heavy atom. The van der Waals surface area contributed by atoms with Crippen molar-refractivity contribution in [3.05, 3.63) is 66.0 Å². The van der Waals surface area contributed by atoms with Gasteiger partial charge in [-0.1, -0.05) is 36.4 Å². The molecule has 1 atom stereocenters. The third-order valence-corrected chi connectivity index (χ3v) is 4.56. The molecule has 24 heavy (non-hydrogen) atoms. The molecular weight excluding hydrogens is 298 g/mol. The second-order valence-electron chi connectivity index (χ2n) is 6.46. The minimum atomic E-state index is 0.108. The van der Waals surface area contributed by atoms with Crippen molar-refractivity contribution in [2.45, 2.75) is 25.8 Å². The van der Waals surface area contributed by atoms with Gasteiger partial charge in [-0.15, -0.1) is 0 Å². The first kappa shape index (κ1) is 16.7. The molecule has 2 heterocycles. The Hall–Kier alpha value is -2.20. The monoisotopic (exact) mass is 323 g/mol. The van der Waals surface area contributed by atoms with Crippen molar-refractivity contribution in [1.29, 1.82) is 0 Å². The molecule has 4 nitrogen and oxygen atoms in total. The molecule has 126 valence electrons. The SMILES string of the molecule is O=C(NCCc1cccnc1)[C@@H]1CCCN(Cc2ccccc2)C1. The van der Waals surface area contributed by atoms with Gasteiger partial charge in [0.1, 0.15) is 0 Å². The van der Waals surface area contributed by atoms with Gasteiger partial charge >= 0.3 is 0 Å². The van der Waals surface area contributed by atoms with Crippen molar-refractivity contribution in [1.82, 2.24) is 15.2 Å². The van der Waals surface area contributed by atoms with Crippen LogP contribution in [-0.2, 0) is 17.8 Å². The molecule has 0 unspecified atom stereocenters. The molecule has 2 aromatic rings. The van der Waals surface area contributed by atoms with E-state index in [9.17, 15) is 4.79 Å². The Kier molecular flexibility index (Phi) is 5.96. The lowest BCUT2D eigenvalue weighted by atomic mass is 9.96. The molecule has 1 amide bonds. The Balaban J connectivity index is 1.44. The molecule has 0 saturated carbocycles. The number of hydrogen-bond acceptors (Lipinski definition) is 3. The smallest absolute Gasteiger partial charge is 0.224 e. The van der Waals surface area contributed by atoms with Crippen LogP contribution in [0, 0.1) is 5.92 Å². The Bertz CT molecular complexity index is 630. The second-order valence-corrected chi connectivity index (χ2v) is 6.46. The molecule has 1 N–H and O–H groups in total. The number of carbonyl (C=O) groups excluding carboxylic acids is 1. The van der Waals surface area contributed by atoms with Gasteiger partial charge in [-0.25, -0.2) is 0 Å². The van der Waals surface area contributed by atoms with Gasteiger partial charge in [-0.05, 0) is 43.0 Å². The highest BCUT2D eigenvalue weighted by Gasteiger charge is 2.25. The van der Waals surface area contributed by atoms with Crippen LogP contribution in [0.25, 0.3) is 0 Å². The molecule has 0 bridgehead atoms. The van der Waals surface area contributed by atoms with Crippen molar-refractivity contribution >= 4 is 5.91 Å². The molecule has 1 aliphatic heterocycles. The molecule has 3 rings (SSSR count). The first-order chi connectivity index (χ1) is 11.8. The molecule has 0 radical (unpaired) electrons. The van der Waals surface area contributed by atoms with E-state index in [4.69, 9.17) is 0 Å². The number of pyridine rings is 1. The number of carbonyl (C=O) groups is 1. The predicted molar refractivity (Wildman–Crippen MR) is 95.4 cm³/mol. The highest BCUT2D eigenvalue weighted by Crippen LogP contribution is 2.18. The summed E-state index contributed by atoms with van der Waals surface area (Å²) >= 11 is 0. The van der Waals surface area contributed by atoms with Crippen molar-refractivity contribution in [3.63, 3.8) is 0 Å². The van der Waals surface area contributed by atoms with Crippen molar-refractivity contribution in [2.75, 3.05) is 19.6 Å². The Labute approximate surface area is 143 Å². The average molecular weight is 323 g/mol. The Morgan fingerprint density at radius 3 is 2.79 bits per heavy atom. The van der Waals surface area contributed by atoms with Crippen LogP contribution in [-0.4, -0.2) is 35.4 Å². The molecule has 0 aliphatic carbocycles. The minimum Gasteiger partial charge on any atom is -0.355 e. The number of nitrogens with zero attached hydrogens (tertiary/aromatic N) is 2. The average Bonchev–Trinajstić information content (AvgIpc) is 2.64. The van der Waals surface area contributed by atoms with Gasteiger partial charge in [0.05, 0.1) is 5.92 Å². The second kappa shape index (κ2) is 8.60. The molecule has 1 saturated heterocycles. The van der Waals surface area contributed by atoms with E-state index >= 15 is 0 Å². The van der Waals surface area contributed by atoms with E-state index in [2.05, 4.69) is 39.5 Å².